The van der Waals surface area contributed by atoms with Gasteiger partial charge in [-0.2, -0.15) is 0 Å². The van der Waals surface area contributed by atoms with Crippen molar-refractivity contribution in [2.24, 2.45) is 5.73 Å². The minimum atomic E-state index is -3.83. The van der Waals surface area contributed by atoms with Gasteiger partial charge >= 0.3 is 5.97 Å². The van der Waals surface area contributed by atoms with E-state index in [0.29, 0.717) is 5.70 Å². The Bertz CT molecular complexity index is 781. The van der Waals surface area contributed by atoms with E-state index in [0.717, 1.165) is 11.3 Å². The van der Waals surface area contributed by atoms with Gasteiger partial charge in [0.1, 0.15) is 10.3 Å². The normalized spacial score (nSPS) is 17.4. The van der Waals surface area contributed by atoms with Gasteiger partial charge in [0.05, 0.1) is 12.1 Å². The van der Waals surface area contributed by atoms with Gasteiger partial charge in [-0.3, -0.25) is 9.52 Å². The maximum atomic E-state index is 12.3. The number of nitrogens with zero attached hydrogens (tertiary/aromatic N) is 1. The van der Waals surface area contributed by atoms with E-state index >= 15 is 0 Å². The zero-order valence-electron chi connectivity index (χ0n) is 11.7. The van der Waals surface area contributed by atoms with Crippen molar-refractivity contribution in [2.75, 3.05) is 11.3 Å². The number of carboxylic acid groups (broad SMARTS) is 1. The summed E-state index contributed by atoms with van der Waals surface area (Å²) in [5.41, 5.74) is 6.55. The van der Waals surface area contributed by atoms with Crippen LogP contribution in [0, 0.1) is 0 Å². The lowest BCUT2D eigenvalue weighted by Gasteiger charge is -2.17. The second-order valence-electron chi connectivity index (χ2n) is 4.53. The number of thiazole rings is 1. The quantitative estimate of drug-likeness (QED) is 0.553. The minimum Gasteiger partial charge on any atom is -0.476 e. The summed E-state index contributed by atoms with van der Waals surface area (Å²) in [7, 11) is -3.83. The highest BCUT2D eigenvalue weighted by molar-refractivity contribution is 7.93. The maximum absolute atomic E-state index is 12.3. The fourth-order valence-corrected chi connectivity index (χ4v) is 4.01. The van der Waals surface area contributed by atoms with E-state index in [1.165, 1.54) is 17.7 Å². The summed E-state index contributed by atoms with van der Waals surface area (Å²) < 4.78 is 26.8. The van der Waals surface area contributed by atoms with Crippen LogP contribution < -0.4 is 15.8 Å². The number of allylic oxidation sites excluding steroid dienone is 2. The van der Waals surface area contributed by atoms with Crippen LogP contribution in [0.1, 0.15) is 16.9 Å². The first-order valence-electron chi connectivity index (χ1n) is 6.40. The second kappa shape index (κ2) is 6.89. The third kappa shape index (κ3) is 4.15. The van der Waals surface area contributed by atoms with Crippen molar-refractivity contribution in [1.82, 2.24) is 10.3 Å². The van der Waals surface area contributed by atoms with Crippen molar-refractivity contribution in [3.8, 4) is 0 Å². The minimum absolute atomic E-state index is 0.0443. The molecule has 0 bridgehead atoms. The molecule has 9 nitrogen and oxygen atoms in total. The van der Waals surface area contributed by atoms with Gasteiger partial charge in [0, 0.05) is 5.70 Å². The molecular formula is C12H14N4O5S2. The standard InChI is InChI=1S/C12H14N4O5S2/c13-5-9(17)15-7-1-3-8(4-2-7)23(20,21)16-11-10(12(18)19)14-6-22-11/h1-3,6,8,16H,4-5,13H2,(H,15,17)(H,18,19). The highest BCUT2D eigenvalue weighted by atomic mass is 32.2. The molecule has 23 heavy (non-hydrogen) atoms. The molecule has 1 unspecified atom stereocenters. The molecular weight excluding hydrogens is 344 g/mol. The van der Waals surface area contributed by atoms with Gasteiger partial charge in [0.15, 0.2) is 5.69 Å². The fraction of sp³-hybridized carbons (Fsp3) is 0.250. The first-order valence-corrected chi connectivity index (χ1v) is 8.82. The van der Waals surface area contributed by atoms with Gasteiger partial charge in [0.25, 0.3) is 0 Å². The lowest BCUT2D eigenvalue weighted by Crippen LogP contribution is -2.32. The first-order chi connectivity index (χ1) is 10.8. The Morgan fingerprint density at radius 2 is 2.22 bits per heavy atom. The molecule has 1 amide bonds. The van der Waals surface area contributed by atoms with Crippen LogP contribution in [0.3, 0.4) is 0 Å². The van der Waals surface area contributed by atoms with E-state index < -0.39 is 21.2 Å². The number of hydrogen-bond donors (Lipinski definition) is 4. The monoisotopic (exact) mass is 358 g/mol. The summed E-state index contributed by atoms with van der Waals surface area (Å²) in [4.78, 5) is 25.7. The van der Waals surface area contributed by atoms with E-state index in [9.17, 15) is 18.0 Å². The summed E-state index contributed by atoms with van der Waals surface area (Å²) in [5.74, 6) is -1.69. The number of amides is 1. The van der Waals surface area contributed by atoms with E-state index in [4.69, 9.17) is 10.8 Å². The number of carbonyl (C=O) groups excluding carboxylic acids is 1. The molecule has 0 aliphatic heterocycles. The molecule has 1 aromatic heterocycles. The predicted octanol–water partition coefficient (Wildman–Crippen LogP) is -0.130. The molecule has 1 aliphatic rings. The SMILES string of the molecule is NCC(=O)NC1=CCC(S(=O)(=O)Nc2scnc2C(=O)O)C=C1. The second-order valence-corrected chi connectivity index (χ2v) is 7.28. The molecule has 2 rings (SSSR count). The van der Waals surface area contributed by atoms with Crippen molar-refractivity contribution < 1.29 is 23.1 Å². The lowest BCUT2D eigenvalue weighted by molar-refractivity contribution is -0.118. The van der Waals surface area contributed by atoms with Crippen LogP contribution in [0.15, 0.2) is 29.4 Å². The Balaban J connectivity index is 2.08. The highest BCUT2D eigenvalue weighted by Gasteiger charge is 2.27. The molecule has 0 saturated heterocycles. The van der Waals surface area contributed by atoms with Crippen molar-refractivity contribution in [3.63, 3.8) is 0 Å². The number of sulfonamides is 1. The Hall–Kier alpha value is -2.24. The number of anilines is 1. The van der Waals surface area contributed by atoms with Crippen molar-refractivity contribution in [1.29, 1.82) is 0 Å². The maximum Gasteiger partial charge on any atom is 0.357 e. The van der Waals surface area contributed by atoms with Crippen molar-refractivity contribution in [3.05, 3.63) is 35.1 Å². The number of carbonyl (C=O) groups is 2. The molecule has 1 aliphatic carbocycles. The van der Waals surface area contributed by atoms with Crippen LogP contribution in [0.2, 0.25) is 0 Å². The summed E-state index contributed by atoms with van der Waals surface area (Å²) in [5, 5.41) is 10.5. The smallest absolute Gasteiger partial charge is 0.357 e. The summed E-state index contributed by atoms with van der Waals surface area (Å²) >= 11 is 0.888. The highest BCUT2D eigenvalue weighted by Crippen LogP contribution is 2.25. The number of nitrogens with two attached hydrogens (primary N) is 1. The molecule has 5 N–H and O–H groups in total. The molecule has 0 fully saturated rings. The first kappa shape index (κ1) is 17.1. The Morgan fingerprint density at radius 3 is 2.78 bits per heavy atom. The zero-order chi connectivity index (χ0) is 17.0. The Kier molecular flexibility index (Phi) is 5.13. The average molecular weight is 358 g/mol. The van der Waals surface area contributed by atoms with Crippen LogP contribution in [0.25, 0.3) is 0 Å². The number of aromatic nitrogens is 1. The fourth-order valence-electron chi connectivity index (χ4n) is 1.81. The number of hydrogen-bond acceptors (Lipinski definition) is 7. The summed E-state index contributed by atoms with van der Waals surface area (Å²) in [6, 6.07) is 0. The Morgan fingerprint density at radius 1 is 1.48 bits per heavy atom. The van der Waals surface area contributed by atoms with Gasteiger partial charge in [-0.25, -0.2) is 18.2 Å². The van der Waals surface area contributed by atoms with Crippen LogP contribution in [-0.4, -0.2) is 42.2 Å². The van der Waals surface area contributed by atoms with Crippen LogP contribution >= 0.6 is 11.3 Å². The van der Waals surface area contributed by atoms with Gasteiger partial charge < -0.3 is 16.2 Å². The molecule has 0 radical (unpaired) electrons. The number of aromatic carboxylic acids is 1. The number of rotatable bonds is 6. The van der Waals surface area contributed by atoms with Crippen LogP contribution in [0.5, 0.6) is 0 Å². The van der Waals surface area contributed by atoms with E-state index in [1.807, 2.05) is 0 Å². The Labute approximate surface area is 136 Å². The molecule has 0 saturated carbocycles. The number of carboxylic acids is 1. The topological polar surface area (TPSA) is 151 Å². The van der Waals surface area contributed by atoms with Crippen molar-refractivity contribution >= 4 is 38.2 Å². The molecule has 124 valence electrons. The third-order valence-electron chi connectivity index (χ3n) is 2.93. The molecule has 1 aromatic rings. The molecule has 1 atom stereocenters. The summed E-state index contributed by atoms with van der Waals surface area (Å²) in [6.45, 7) is -0.169. The molecule has 0 spiro atoms. The van der Waals surface area contributed by atoms with E-state index in [-0.39, 0.29) is 29.6 Å². The largest absolute Gasteiger partial charge is 0.476 e. The number of nitrogens with one attached hydrogen (secondary N) is 2. The van der Waals surface area contributed by atoms with Gasteiger partial charge in [-0.1, -0.05) is 12.2 Å². The van der Waals surface area contributed by atoms with Crippen LogP contribution in [0.4, 0.5) is 5.00 Å². The van der Waals surface area contributed by atoms with Gasteiger partial charge in [0.2, 0.25) is 15.9 Å². The third-order valence-corrected chi connectivity index (χ3v) is 5.44. The van der Waals surface area contributed by atoms with Crippen LogP contribution in [-0.2, 0) is 14.8 Å². The van der Waals surface area contributed by atoms with Gasteiger partial charge in [-0.05, 0) is 12.5 Å². The molecule has 0 aromatic carbocycles. The molecule has 11 heteroatoms. The summed E-state index contributed by atoms with van der Waals surface area (Å²) in [6.07, 6.45) is 4.57. The van der Waals surface area contributed by atoms with Gasteiger partial charge in [-0.15, -0.1) is 11.3 Å². The van der Waals surface area contributed by atoms with Crippen molar-refractivity contribution in [2.45, 2.75) is 11.7 Å². The average Bonchev–Trinajstić information content (AvgIpc) is 2.95. The lowest BCUT2D eigenvalue weighted by atomic mass is 10.1. The molecule has 1 heterocycles. The van der Waals surface area contributed by atoms with E-state index in [2.05, 4.69) is 15.0 Å². The predicted molar refractivity (Wildman–Crippen MR) is 84.4 cm³/mol. The zero-order valence-corrected chi connectivity index (χ0v) is 13.4. The van der Waals surface area contributed by atoms with E-state index in [1.54, 1.807) is 6.08 Å².